The highest BCUT2D eigenvalue weighted by atomic mass is 19.4. The second-order valence-electron chi connectivity index (χ2n) is 8.24. The quantitative estimate of drug-likeness (QED) is 0.752. The van der Waals surface area contributed by atoms with E-state index < -0.39 is 11.9 Å². The molecule has 4 rings (SSSR count). The minimum absolute atomic E-state index is 0.0127. The van der Waals surface area contributed by atoms with Crippen LogP contribution in [0.5, 0.6) is 0 Å². The minimum atomic E-state index is -4.43. The Labute approximate surface area is 173 Å². The average molecular weight is 418 g/mol. The smallest absolute Gasteiger partial charge is 0.366 e. The van der Waals surface area contributed by atoms with Crippen molar-refractivity contribution in [3.8, 4) is 0 Å². The first kappa shape index (κ1) is 20.6. The third-order valence-corrected chi connectivity index (χ3v) is 5.90. The topological polar surface area (TPSA) is 58.1 Å². The van der Waals surface area contributed by atoms with Crippen LogP contribution in [0.15, 0.2) is 24.4 Å². The number of hydrogen-bond acceptors (Lipinski definition) is 4. The highest BCUT2D eigenvalue weighted by molar-refractivity contribution is 5.91. The summed E-state index contributed by atoms with van der Waals surface area (Å²) in [6.45, 7) is 3.17. The van der Waals surface area contributed by atoms with Crippen LogP contribution in [-0.2, 0) is 23.9 Å². The molecule has 8 heteroatoms. The van der Waals surface area contributed by atoms with Crippen LogP contribution >= 0.6 is 0 Å². The van der Waals surface area contributed by atoms with E-state index in [9.17, 15) is 18.0 Å². The van der Waals surface area contributed by atoms with Gasteiger partial charge >= 0.3 is 6.18 Å². The predicted molar refractivity (Wildman–Crippen MR) is 108 cm³/mol. The zero-order valence-electron chi connectivity index (χ0n) is 16.9. The third-order valence-electron chi connectivity index (χ3n) is 5.90. The van der Waals surface area contributed by atoms with E-state index >= 15 is 0 Å². The Morgan fingerprint density at radius 3 is 2.70 bits per heavy atom. The van der Waals surface area contributed by atoms with Crippen LogP contribution in [-0.4, -0.2) is 22.4 Å². The Balaban J connectivity index is 1.48. The fourth-order valence-corrected chi connectivity index (χ4v) is 3.99. The fourth-order valence-electron chi connectivity index (χ4n) is 3.99. The first-order valence-electron chi connectivity index (χ1n) is 10.4. The lowest BCUT2D eigenvalue weighted by Crippen LogP contribution is -2.30. The number of pyridine rings is 2. The molecule has 0 radical (unpaired) electrons. The number of nitrogens with one attached hydrogen (secondary N) is 1. The molecule has 160 valence electrons. The van der Waals surface area contributed by atoms with Crippen LogP contribution in [0.3, 0.4) is 0 Å². The summed E-state index contributed by atoms with van der Waals surface area (Å²) in [5.74, 6) is 1.12. The van der Waals surface area contributed by atoms with E-state index in [4.69, 9.17) is 4.98 Å². The van der Waals surface area contributed by atoms with Crippen molar-refractivity contribution in [2.75, 3.05) is 16.8 Å². The van der Waals surface area contributed by atoms with Crippen molar-refractivity contribution in [3.63, 3.8) is 0 Å². The van der Waals surface area contributed by atoms with Gasteiger partial charge in [-0.1, -0.05) is 12.5 Å². The number of carbonyl (C=O) groups excluding carboxylic acids is 1. The molecule has 1 N–H and O–H groups in total. The molecule has 0 bridgehead atoms. The van der Waals surface area contributed by atoms with Crippen LogP contribution in [0.25, 0.3) is 0 Å². The highest BCUT2D eigenvalue weighted by Gasteiger charge is 2.32. The number of fused-ring (bicyclic) bond motifs is 1. The molecule has 1 amide bonds. The van der Waals surface area contributed by atoms with Gasteiger partial charge < -0.3 is 10.2 Å². The van der Waals surface area contributed by atoms with E-state index in [1.807, 2.05) is 13.0 Å². The fraction of sp³-hybridized carbons (Fsp3) is 0.500. The molecule has 2 aromatic heterocycles. The van der Waals surface area contributed by atoms with Crippen LogP contribution in [0.4, 0.5) is 24.7 Å². The molecule has 0 atom stereocenters. The molecule has 30 heavy (non-hydrogen) atoms. The van der Waals surface area contributed by atoms with Gasteiger partial charge in [0, 0.05) is 25.7 Å². The molecule has 0 aromatic carbocycles. The molecule has 0 spiro atoms. The van der Waals surface area contributed by atoms with Gasteiger partial charge in [0.2, 0.25) is 5.91 Å². The standard InChI is InChI=1S/C22H25F3N4O/c1-14-10-18-17(27-21(14)28-20(30)11-15-4-2-5-15)6-3-9-29(18)13-16-7-8-19(26-12-16)22(23,24)25/h7-8,10,12,15H,2-6,9,11,13H2,1H3,(H,27,28,30). The van der Waals surface area contributed by atoms with Crippen molar-refractivity contribution < 1.29 is 18.0 Å². The Morgan fingerprint density at radius 1 is 1.27 bits per heavy atom. The summed E-state index contributed by atoms with van der Waals surface area (Å²) in [6.07, 6.45) is 2.55. The summed E-state index contributed by atoms with van der Waals surface area (Å²) in [5.41, 5.74) is 2.59. The van der Waals surface area contributed by atoms with Crippen molar-refractivity contribution in [2.24, 2.45) is 5.92 Å². The normalized spacial score (nSPS) is 16.7. The summed E-state index contributed by atoms with van der Waals surface area (Å²) in [5, 5.41) is 2.96. The SMILES string of the molecule is Cc1cc2c(nc1NC(=O)CC1CCC1)CCCN2Cc1ccc(C(F)(F)F)nc1. The monoisotopic (exact) mass is 418 g/mol. The summed E-state index contributed by atoms with van der Waals surface area (Å²) in [7, 11) is 0. The lowest BCUT2D eigenvalue weighted by Gasteiger charge is -2.31. The van der Waals surface area contributed by atoms with E-state index in [1.54, 1.807) is 0 Å². The molecule has 1 aliphatic heterocycles. The summed E-state index contributed by atoms with van der Waals surface area (Å²) < 4.78 is 38.2. The Morgan fingerprint density at radius 2 is 2.07 bits per heavy atom. The maximum absolute atomic E-state index is 12.7. The zero-order chi connectivity index (χ0) is 21.3. The third kappa shape index (κ3) is 4.57. The molecule has 1 fully saturated rings. The second-order valence-corrected chi connectivity index (χ2v) is 8.24. The lowest BCUT2D eigenvalue weighted by molar-refractivity contribution is -0.141. The van der Waals surface area contributed by atoms with E-state index in [0.717, 1.165) is 55.2 Å². The zero-order valence-corrected chi connectivity index (χ0v) is 16.9. The van der Waals surface area contributed by atoms with Gasteiger partial charge in [0.25, 0.3) is 0 Å². The Bertz CT molecular complexity index is 923. The summed E-state index contributed by atoms with van der Waals surface area (Å²) in [6, 6.07) is 4.50. The van der Waals surface area contributed by atoms with Gasteiger partial charge in [-0.05, 0) is 61.8 Å². The van der Waals surface area contributed by atoms with Gasteiger partial charge in [-0.15, -0.1) is 0 Å². The molecule has 2 aliphatic rings. The highest BCUT2D eigenvalue weighted by Crippen LogP contribution is 2.33. The van der Waals surface area contributed by atoms with Gasteiger partial charge in [0.05, 0.1) is 11.4 Å². The van der Waals surface area contributed by atoms with Gasteiger partial charge in [-0.3, -0.25) is 9.78 Å². The van der Waals surface area contributed by atoms with Gasteiger partial charge in [-0.25, -0.2) is 4.98 Å². The van der Waals surface area contributed by atoms with Crippen molar-refractivity contribution in [1.82, 2.24) is 9.97 Å². The van der Waals surface area contributed by atoms with Crippen molar-refractivity contribution in [3.05, 3.63) is 46.9 Å². The molecular weight excluding hydrogens is 393 g/mol. The molecule has 0 saturated heterocycles. The first-order valence-corrected chi connectivity index (χ1v) is 10.4. The first-order chi connectivity index (χ1) is 14.3. The molecule has 1 aliphatic carbocycles. The largest absolute Gasteiger partial charge is 0.433 e. The summed E-state index contributed by atoms with van der Waals surface area (Å²) >= 11 is 0. The number of anilines is 2. The molecule has 2 aromatic rings. The van der Waals surface area contributed by atoms with Gasteiger partial charge in [-0.2, -0.15) is 13.2 Å². The summed E-state index contributed by atoms with van der Waals surface area (Å²) in [4.78, 5) is 22.7. The average Bonchev–Trinajstić information content (AvgIpc) is 2.66. The number of amides is 1. The van der Waals surface area contributed by atoms with Crippen LogP contribution in [0.2, 0.25) is 0 Å². The number of halogens is 3. The number of rotatable bonds is 5. The van der Waals surface area contributed by atoms with Gasteiger partial charge in [0.15, 0.2) is 0 Å². The maximum Gasteiger partial charge on any atom is 0.433 e. The predicted octanol–water partition coefficient (Wildman–Crippen LogP) is 4.89. The van der Waals surface area contributed by atoms with E-state index in [1.165, 1.54) is 18.7 Å². The number of alkyl halides is 3. The Hall–Kier alpha value is -2.64. The van der Waals surface area contributed by atoms with Crippen LogP contribution in [0.1, 0.15) is 54.6 Å². The van der Waals surface area contributed by atoms with Crippen molar-refractivity contribution >= 4 is 17.4 Å². The number of carbonyl (C=O) groups is 1. The number of nitrogens with zero attached hydrogens (tertiary/aromatic N) is 3. The number of hydrogen-bond donors (Lipinski definition) is 1. The molecular formula is C22H25F3N4O. The number of aryl methyl sites for hydroxylation is 2. The van der Waals surface area contributed by atoms with Gasteiger partial charge in [0.1, 0.15) is 11.5 Å². The van der Waals surface area contributed by atoms with Crippen molar-refractivity contribution in [1.29, 1.82) is 0 Å². The Kier molecular flexibility index (Phi) is 5.66. The van der Waals surface area contributed by atoms with E-state index in [0.29, 0.717) is 30.3 Å². The molecule has 3 heterocycles. The van der Waals surface area contributed by atoms with Crippen LogP contribution in [0, 0.1) is 12.8 Å². The van der Waals surface area contributed by atoms with E-state index in [2.05, 4.69) is 15.2 Å². The second kappa shape index (κ2) is 8.24. The maximum atomic E-state index is 12.7. The molecule has 5 nitrogen and oxygen atoms in total. The van der Waals surface area contributed by atoms with Crippen molar-refractivity contribution in [2.45, 2.75) is 58.2 Å². The minimum Gasteiger partial charge on any atom is -0.366 e. The lowest BCUT2D eigenvalue weighted by atomic mass is 9.83. The number of aromatic nitrogens is 2. The van der Waals surface area contributed by atoms with Crippen LogP contribution < -0.4 is 10.2 Å². The molecule has 1 saturated carbocycles. The molecule has 0 unspecified atom stereocenters. The van der Waals surface area contributed by atoms with E-state index in [-0.39, 0.29) is 5.91 Å².